The van der Waals surface area contributed by atoms with Gasteiger partial charge in [0.25, 0.3) is 0 Å². The van der Waals surface area contributed by atoms with Crippen LogP contribution in [0.5, 0.6) is 5.75 Å². The summed E-state index contributed by atoms with van der Waals surface area (Å²) in [5.74, 6) is 0.446. The van der Waals surface area contributed by atoms with Gasteiger partial charge in [-0.25, -0.2) is 5.43 Å². The average Bonchev–Trinajstić information content (AvgIpc) is 2.99. The number of rotatable bonds is 6. The SMILES string of the molecule is CCOc1ccc(/C(C)=N\NC(=O)c2ccc(C)o2)cc1[N+](=O)[O-]. The minimum Gasteiger partial charge on any atom is -0.487 e. The molecule has 24 heavy (non-hydrogen) atoms. The summed E-state index contributed by atoms with van der Waals surface area (Å²) in [5, 5.41) is 15.1. The van der Waals surface area contributed by atoms with E-state index in [0.717, 1.165) is 0 Å². The highest BCUT2D eigenvalue weighted by Crippen LogP contribution is 2.28. The Kier molecular flexibility index (Phi) is 5.31. The largest absolute Gasteiger partial charge is 0.487 e. The van der Waals surface area contributed by atoms with Gasteiger partial charge in [-0.05, 0) is 45.0 Å². The maximum absolute atomic E-state index is 11.9. The van der Waals surface area contributed by atoms with Crippen LogP contribution in [-0.2, 0) is 0 Å². The molecule has 0 fully saturated rings. The lowest BCUT2D eigenvalue weighted by molar-refractivity contribution is -0.385. The molecule has 0 saturated carbocycles. The van der Waals surface area contributed by atoms with Crippen LogP contribution in [0.25, 0.3) is 0 Å². The molecule has 0 spiro atoms. The number of carbonyl (C=O) groups is 1. The third-order valence-electron chi connectivity index (χ3n) is 3.16. The van der Waals surface area contributed by atoms with Crippen LogP contribution < -0.4 is 10.2 Å². The molecule has 8 nitrogen and oxygen atoms in total. The van der Waals surface area contributed by atoms with Crippen LogP contribution in [0, 0.1) is 17.0 Å². The molecule has 2 rings (SSSR count). The predicted molar refractivity (Wildman–Crippen MR) is 87.4 cm³/mol. The summed E-state index contributed by atoms with van der Waals surface area (Å²) < 4.78 is 10.4. The molecule has 1 amide bonds. The number of carbonyl (C=O) groups excluding carboxylic acids is 1. The van der Waals surface area contributed by atoms with Crippen molar-refractivity contribution in [3.05, 3.63) is 57.5 Å². The molecule has 1 aromatic carbocycles. The highest BCUT2D eigenvalue weighted by atomic mass is 16.6. The summed E-state index contributed by atoms with van der Waals surface area (Å²) in [4.78, 5) is 22.5. The first-order valence-electron chi connectivity index (χ1n) is 7.25. The molecule has 2 aromatic rings. The number of ether oxygens (including phenoxy) is 1. The molecule has 0 bridgehead atoms. The first-order valence-corrected chi connectivity index (χ1v) is 7.25. The maximum atomic E-state index is 11.9. The van der Waals surface area contributed by atoms with Crippen molar-refractivity contribution in [1.29, 1.82) is 0 Å². The fourth-order valence-corrected chi connectivity index (χ4v) is 1.97. The number of nitro groups is 1. The predicted octanol–water partition coefficient (Wildman–Crippen LogP) is 3.05. The van der Waals surface area contributed by atoms with Crippen molar-refractivity contribution in [1.82, 2.24) is 5.43 Å². The van der Waals surface area contributed by atoms with Gasteiger partial charge in [-0.1, -0.05) is 0 Å². The molecule has 0 aliphatic rings. The monoisotopic (exact) mass is 331 g/mol. The van der Waals surface area contributed by atoms with Gasteiger partial charge >= 0.3 is 11.6 Å². The number of hydrogen-bond acceptors (Lipinski definition) is 6. The van der Waals surface area contributed by atoms with Crippen LogP contribution in [-0.4, -0.2) is 23.1 Å². The van der Waals surface area contributed by atoms with Crippen molar-refractivity contribution in [2.24, 2.45) is 5.10 Å². The highest BCUT2D eigenvalue weighted by Gasteiger charge is 2.17. The minimum atomic E-state index is -0.522. The summed E-state index contributed by atoms with van der Waals surface area (Å²) in [6, 6.07) is 7.71. The summed E-state index contributed by atoms with van der Waals surface area (Å²) in [6.07, 6.45) is 0. The molecule has 0 saturated heterocycles. The number of hydrazone groups is 1. The Morgan fingerprint density at radius 2 is 2.12 bits per heavy atom. The second kappa shape index (κ2) is 7.40. The summed E-state index contributed by atoms with van der Waals surface area (Å²) in [6.45, 7) is 5.43. The normalized spacial score (nSPS) is 11.2. The van der Waals surface area contributed by atoms with E-state index in [1.807, 2.05) is 0 Å². The molecular weight excluding hydrogens is 314 g/mol. The fraction of sp³-hybridized carbons (Fsp3) is 0.250. The number of benzene rings is 1. The molecule has 1 aromatic heterocycles. The lowest BCUT2D eigenvalue weighted by Crippen LogP contribution is -2.18. The number of hydrogen-bond donors (Lipinski definition) is 1. The van der Waals surface area contributed by atoms with Gasteiger partial charge in [-0.3, -0.25) is 14.9 Å². The highest BCUT2D eigenvalue weighted by molar-refractivity contribution is 6.01. The van der Waals surface area contributed by atoms with Crippen LogP contribution in [0.2, 0.25) is 0 Å². The standard InChI is InChI=1S/C16H17N3O5/c1-4-23-14-8-6-12(9-13(14)19(21)22)11(3)17-18-16(20)15-7-5-10(2)24-15/h5-9H,4H2,1-3H3,(H,18,20)/b17-11-. The zero-order chi connectivity index (χ0) is 17.7. The van der Waals surface area contributed by atoms with E-state index < -0.39 is 10.8 Å². The van der Waals surface area contributed by atoms with Gasteiger partial charge < -0.3 is 9.15 Å². The Balaban J connectivity index is 2.19. The van der Waals surface area contributed by atoms with Crippen molar-refractivity contribution < 1.29 is 18.9 Å². The van der Waals surface area contributed by atoms with Gasteiger partial charge in [0.05, 0.1) is 17.2 Å². The number of nitrogens with one attached hydrogen (secondary N) is 1. The van der Waals surface area contributed by atoms with Crippen molar-refractivity contribution in [2.45, 2.75) is 20.8 Å². The minimum absolute atomic E-state index is 0.140. The van der Waals surface area contributed by atoms with E-state index in [9.17, 15) is 14.9 Å². The number of nitrogens with zero attached hydrogens (tertiary/aromatic N) is 2. The molecule has 1 heterocycles. The molecular formula is C16H17N3O5. The van der Waals surface area contributed by atoms with E-state index in [1.54, 1.807) is 32.9 Å². The summed E-state index contributed by atoms with van der Waals surface area (Å²) in [7, 11) is 0. The fourth-order valence-electron chi connectivity index (χ4n) is 1.97. The molecule has 0 radical (unpaired) electrons. The molecule has 0 aliphatic heterocycles. The van der Waals surface area contributed by atoms with Gasteiger partial charge in [0.2, 0.25) is 0 Å². The molecule has 126 valence electrons. The zero-order valence-corrected chi connectivity index (χ0v) is 13.5. The van der Waals surface area contributed by atoms with Crippen LogP contribution in [0.15, 0.2) is 39.9 Å². The molecule has 0 aliphatic carbocycles. The quantitative estimate of drug-likeness (QED) is 0.497. The number of amides is 1. The Hall–Kier alpha value is -3.16. The summed E-state index contributed by atoms with van der Waals surface area (Å²) in [5.41, 5.74) is 3.11. The van der Waals surface area contributed by atoms with Gasteiger partial charge in [-0.2, -0.15) is 5.10 Å². The smallest absolute Gasteiger partial charge is 0.311 e. The lowest BCUT2D eigenvalue weighted by atomic mass is 10.1. The first kappa shape index (κ1) is 17.2. The molecule has 8 heteroatoms. The van der Waals surface area contributed by atoms with Gasteiger partial charge in [-0.15, -0.1) is 0 Å². The Morgan fingerprint density at radius 3 is 2.71 bits per heavy atom. The van der Waals surface area contributed by atoms with E-state index in [4.69, 9.17) is 9.15 Å². The topological polar surface area (TPSA) is 107 Å². The lowest BCUT2D eigenvalue weighted by Gasteiger charge is -2.06. The van der Waals surface area contributed by atoms with E-state index in [2.05, 4.69) is 10.5 Å². The third-order valence-corrected chi connectivity index (χ3v) is 3.16. The third kappa shape index (κ3) is 3.97. The maximum Gasteiger partial charge on any atom is 0.311 e. The zero-order valence-electron chi connectivity index (χ0n) is 13.5. The van der Waals surface area contributed by atoms with E-state index >= 15 is 0 Å². The van der Waals surface area contributed by atoms with Crippen molar-refractivity contribution in [3.63, 3.8) is 0 Å². The van der Waals surface area contributed by atoms with Crippen molar-refractivity contribution >= 4 is 17.3 Å². The van der Waals surface area contributed by atoms with Crippen LogP contribution >= 0.6 is 0 Å². The molecule has 0 atom stereocenters. The van der Waals surface area contributed by atoms with Crippen LogP contribution in [0.4, 0.5) is 5.69 Å². The Bertz CT molecular complexity index is 795. The summed E-state index contributed by atoms with van der Waals surface area (Å²) >= 11 is 0. The Labute approximate surface area is 138 Å². The van der Waals surface area contributed by atoms with E-state index in [0.29, 0.717) is 23.6 Å². The number of furan rings is 1. The van der Waals surface area contributed by atoms with Gasteiger partial charge in [0.15, 0.2) is 11.5 Å². The Morgan fingerprint density at radius 1 is 1.38 bits per heavy atom. The van der Waals surface area contributed by atoms with Crippen molar-refractivity contribution in [2.75, 3.05) is 6.61 Å². The van der Waals surface area contributed by atoms with E-state index in [1.165, 1.54) is 18.2 Å². The van der Waals surface area contributed by atoms with Crippen molar-refractivity contribution in [3.8, 4) is 5.75 Å². The van der Waals surface area contributed by atoms with Gasteiger partial charge in [0, 0.05) is 11.6 Å². The average molecular weight is 331 g/mol. The number of aryl methyl sites for hydroxylation is 1. The molecule has 1 N–H and O–H groups in total. The van der Waals surface area contributed by atoms with Crippen LogP contribution in [0.3, 0.4) is 0 Å². The van der Waals surface area contributed by atoms with E-state index in [-0.39, 0.29) is 17.2 Å². The first-order chi connectivity index (χ1) is 11.4. The molecule has 0 unspecified atom stereocenters. The second-order valence-electron chi connectivity index (χ2n) is 4.92. The number of nitro benzene ring substituents is 1. The second-order valence-corrected chi connectivity index (χ2v) is 4.92. The van der Waals surface area contributed by atoms with Crippen LogP contribution in [0.1, 0.15) is 35.7 Å². The van der Waals surface area contributed by atoms with Gasteiger partial charge in [0.1, 0.15) is 5.76 Å².